The Morgan fingerprint density at radius 2 is 1.65 bits per heavy atom. The molecule has 0 saturated heterocycles. The molecular formula is C41H54N6O7. The zero-order valence-corrected chi connectivity index (χ0v) is 31.2. The number of ketones is 1. The van der Waals surface area contributed by atoms with Gasteiger partial charge in [0, 0.05) is 31.6 Å². The molecule has 1 saturated carbocycles. The second-order valence-corrected chi connectivity index (χ2v) is 14.7. The molecule has 1 fully saturated rings. The third kappa shape index (κ3) is 10.8. The Hall–Kier alpha value is -5.07. The van der Waals surface area contributed by atoms with Crippen LogP contribution in [0.3, 0.4) is 0 Å². The van der Waals surface area contributed by atoms with Gasteiger partial charge in [-0.15, -0.1) is 0 Å². The summed E-state index contributed by atoms with van der Waals surface area (Å²) in [6.45, 7) is 2.19. The van der Waals surface area contributed by atoms with Gasteiger partial charge >= 0.3 is 0 Å². The van der Waals surface area contributed by atoms with Crippen molar-refractivity contribution in [2.24, 2.45) is 5.92 Å². The monoisotopic (exact) mass is 742 g/mol. The molecule has 2 heterocycles. The van der Waals surface area contributed by atoms with E-state index in [-0.39, 0.29) is 37.1 Å². The average molecular weight is 743 g/mol. The Morgan fingerprint density at radius 1 is 0.907 bits per heavy atom. The molecule has 2 aromatic carbocycles. The van der Waals surface area contributed by atoms with Crippen LogP contribution in [0.5, 0.6) is 0 Å². The van der Waals surface area contributed by atoms with Gasteiger partial charge in [0.1, 0.15) is 24.4 Å². The first-order chi connectivity index (χ1) is 26.2. The number of hydrogen-bond acceptors (Lipinski definition) is 8. The number of nitrogens with zero attached hydrogens (tertiary/aromatic N) is 1. The molecule has 13 nitrogen and oxygen atoms in total. The Kier molecular flexibility index (Phi) is 14.7. The quantitative estimate of drug-likeness (QED) is 0.162. The second-order valence-electron chi connectivity index (χ2n) is 14.7. The van der Waals surface area contributed by atoms with Crippen molar-refractivity contribution < 1.29 is 33.6 Å². The molecule has 5 N–H and O–H groups in total. The van der Waals surface area contributed by atoms with Crippen molar-refractivity contribution in [1.82, 2.24) is 26.2 Å². The minimum atomic E-state index is -1.21. The summed E-state index contributed by atoms with van der Waals surface area (Å²) in [4.78, 5) is 94.4. The molecule has 5 amide bonds. The first-order valence-corrected chi connectivity index (χ1v) is 19.6. The summed E-state index contributed by atoms with van der Waals surface area (Å²) in [5.41, 5.74) is 3.30. The molecule has 5 rings (SSSR count). The van der Waals surface area contributed by atoms with Gasteiger partial charge in [-0.3, -0.25) is 28.8 Å². The maximum Gasteiger partial charge on any atom is 0.290 e. The van der Waals surface area contributed by atoms with Crippen molar-refractivity contribution in [2.75, 3.05) is 18.4 Å². The Labute approximate surface area is 317 Å². The molecule has 0 radical (unpaired) electrons. The summed E-state index contributed by atoms with van der Waals surface area (Å²) in [7, 11) is 0. The highest BCUT2D eigenvalue weighted by atomic mass is 16.2. The fraction of sp³-hybridized carbons (Fsp3) is 0.537. The average Bonchev–Trinajstić information content (AvgIpc) is 3.19. The van der Waals surface area contributed by atoms with Crippen molar-refractivity contribution >= 4 is 47.3 Å². The van der Waals surface area contributed by atoms with Gasteiger partial charge in [0.15, 0.2) is 0 Å². The molecular weight excluding hydrogens is 688 g/mol. The molecule has 4 atom stereocenters. The smallest absolute Gasteiger partial charge is 0.290 e. The number of carbonyl (C=O) groups excluding carboxylic acids is 7. The predicted molar refractivity (Wildman–Crippen MR) is 203 cm³/mol. The van der Waals surface area contributed by atoms with Gasteiger partial charge in [-0.2, -0.15) is 0 Å². The first-order valence-electron chi connectivity index (χ1n) is 19.6. The van der Waals surface area contributed by atoms with E-state index in [9.17, 15) is 33.6 Å². The van der Waals surface area contributed by atoms with E-state index in [4.69, 9.17) is 0 Å². The number of anilines is 1. The highest BCUT2D eigenvalue weighted by Gasteiger charge is 2.42. The van der Waals surface area contributed by atoms with Crippen LogP contribution in [-0.2, 0) is 46.5 Å². The van der Waals surface area contributed by atoms with Crippen molar-refractivity contribution in [3.8, 4) is 0 Å². The van der Waals surface area contributed by atoms with Crippen LogP contribution in [-0.4, -0.2) is 77.7 Å². The van der Waals surface area contributed by atoms with Crippen LogP contribution < -0.4 is 26.6 Å². The fourth-order valence-corrected chi connectivity index (χ4v) is 7.74. The van der Waals surface area contributed by atoms with Crippen molar-refractivity contribution in [3.05, 3.63) is 65.2 Å². The van der Waals surface area contributed by atoms with Gasteiger partial charge in [0.2, 0.25) is 29.4 Å². The molecule has 13 heteroatoms. The van der Waals surface area contributed by atoms with E-state index < -0.39 is 54.2 Å². The SMILES string of the molecule is CCCC(NC(=O)[C@@H]1Cc2ccc3cc2CN1C(=O)[C@H](C1CCCCC1)NC(=O)CCCCCCN3)C(=O)C(=O)NCC(=O)N[C@H](C=O)c1ccccc1. The number of nitrogens with one attached hydrogen (secondary N) is 5. The topological polar surface area (TPSA) is 183 Å². The second kappa shape index (κ2) is 19.8. The van der Waals surface area contributed by atoms with E-state index in [1.54, 1.807) is 35.2 Å². The molecule has 290 valence electrons. The molecule has 3 aliphatic rings. The van der Waals surface area contributed by atoms with Crippen LogP contribution in [0.2, 0.25) is 0 Å². The number of rotatable bonds is 12. The highest BCUT2D eigenvalue weighted by molar-refractivity contribution is 6.38. The lowest BCUT2D eigenvalue weighted by Crippen LogP contribution is -2.61. The Morgan fingerprint density at radius 3 is 2.39 bits per heavy atom. The minimum Gasteiger partial charge on any atom is -0.385 e. The Bertz CT molecular complexity index is 1660. The number of amides is 5. The van der Waals surface area contributed by atoms with Gasteiger partial charge in [-0.05, 0) is 66.8 Å². The number of aldehydes is 1. The molecule has 0 aromatic heterocycles. The van der Waals surface area contributed by atoms with Gasteiger partial charge in [0.05, 0.1) is 12.6 Å². The maximum absolute atomic E-state index is 14.7. The summed E-state index contributed by atoms with van der Waals surface area (Å²) in [6, 6.07) is 10.6. The summed E-state index contributed by atoms with van der Waals surface area (Å²) < 4.78 is 0. The molecule has 3 bridgehead atoms. The molecule has 54 heavy (non-hydrogen) atoms. The van der Waals surface area contributed by atoms with E-state index in [1.807, 2.05) is 25.1 Å². The normalized spacial score (nSPS) is 20.8. The van der Waals surface area contributed by atoms with Crippen LogP contribution in [0.25, 0.3) is 0 Å². The van der Waals surface area contributed by atoms with Crippen molar-refractivity contribution in [3.63, 3.8) is 0 Å². The van der Waals surface area contributed by atoms with E-state index in [2.05, 4.69) is 26.6 Å². The number of benzene rings is 2. The predicted octanol–water partition coefficient (Wildman–Crippen LogP) is 3.41. The lowest BCUT2D eigenvalue weighted by Gasteiger charge is -2.40. The lowest BCUT2D eigenvalue weighted by molar-refractivity contribution is -0.147. The lowest BCUT2D eigenvalue weighted by atomic mass is 9.82. The van der Waals surface area contributed by atoms with E-state index in [1.165, 1.54) is 0 Å². The van der Waals surface area contributed by atoms with Crippen LogP contribution in [0.15, 0.2) is 48.5 Å². The van der Waals surface area contributed by atoms with E-state index in [0.717, 1.165) is 81.1 Å². The van der Waals surface area contributed by atoms with Crippen molar-refractivity contribution in [2.45, 2.75) is 121 Å². The molecule has 0 spiro atoms. The minimum absolute atomic E-state index is 0.0583. The standard InChI is InChI=1S/C41H54N6O7/c1-2-13-32(38(51)40(53)43-24-36(50)44-33(26-48)27-14-7-5-8-15-27)45-39(52)34-23-29-19-20-31-22-30(29)25-47(34)41(54)37(28-16-9-6-10-17-28)46-35(49)18-11-3-4-12-21-42-31/h5,7-8,14-15,19-20,22,26,28,32-34,37,42H,2-4,6,9-13,16-18,21,23-25H2,1H3,(H,43,53)(H,44,50)(H,45,52)(H,46,49)/t32?,33-,34+,37+/m1/s1. The van der Waals surface area contributed by atoms with Gasteiger partial charge in [0.25, 0.3) is 5.91 Å². The number of carbonyl (C=O) groups is 7. The van der Waals surface area contributed by atoms with E-state index in [0.29, 0.717) is 24.7 Å². The van der Waals surface area contributed by atoms with Crippen LogP contribution in [0.1, 0.15) is 107 Å². The van der Waals surface area contributed by atoms with Crippen LogP contribution >= 0.6 is 0 Å². The third-order valence-corrected chi connectivity index (χ3v) is 10.7. The number of fused-ring (bicyclic) bond motifs is 2. The molecule has 1 aliphatic carbocycles. The number of Topliss-reactive ketones (excluding diaryl/α,β-unsaturated/α-hetero) is 1. The van der Waals surface area contributed by atoms with Crippen molar-refractivity contribution in [1.29, 1.82) is 0 Å². The summed E-state index contributed by atoms with van der Waals surface area (Å²) >= 11 is 0. The van der Waals surface area contributed by atoms with E-state index >= 15 is 0 Å². The zero-order chi connectivity index (χ0) is 38.5. The first kappa shape index (κ1) is 40.1. The van der Waals surface area contributed by atoms with Gasteiger partial charge in [-0.1, -0.05) is 81.8 Å². The van der Waals surface area contributed by atoms with Gasteiger partial charge in [-0.25, -0.2) is 0 Å². The highest BCUT2D eigenvalue weighted by Crippen LogP contribution is 2.32. The molecule has 2 aromatic rings. The fourth-order valence-electron chi connectivity index (χ4n) is 7.74. The summed E-state index contributed by atoms with van der Waals surface area (Å²) in [6.07, 6.45) is 9.89. The summed E-state index contributed by atoms with van der Waals surface area (Å²) in [5.74, 6) is -3.77. The van der Waals surface area contributed by atoms with Crippen LogP contribution in [0, 0.1) is 5.92 Å². The number of hydrogen-bond donors (Lipinski definition) is 5. The zero-order valence-electron chi connectivity index (χ0n) is 31.2. The summed E-state index contributed by atoms with van der Waals surface area (Å²) in [5, 5.41) is 14.2. The molecule has 2 aliphatic heterocycles. The largest absolute Gasteiger partial charge is 0.385 e. The maximum atomic E-state index is 14.7. The Balaban J connectivity index is 1.33. The third-order valence-electron chi connectivity index (χ3n) is 10.7. The molecule has 1 unspecified atom stereocenters. The van der Waals surface area contributed by atoms with Crippen LogP contribution in [0.4, 0.5) is 5.69 Å². The van der Waals surface area contributed by atoms with Gasteiger partial charge < -0.3 is 36.3 Å².